The first-order chi connectivity index (χ1) is 8.84. The Morgan fingerprint density at radius 1 is 1.22 bits per heavy atom. The average Bonchev–Trinajstić information content (AvgIpc) is 2.86. The summed E-state index contributed by atoms with van der Waals surface area (Å²) in [6.45, 7) is 2.06. The molecule has 0 aliphatic carbocycles. The Bertz CT molecular complexity index is 507. The van der Waals surface area contributed by atoms with E-state index in [1.54, 1.807) is 12.4 Å². The van der Waals surface area contributed by atoms with Gasteiger partial charge < -0.3 is 9.47 Å². The lowest BCUT2D eigenvalue weighted by atomic mass is 9.95. The van der Waals surface area contributed by atoms with Crippen LogP contribution >= 0.6 is 0 Å². The molecule has 0 spiro atoms. The highest BCUT2D eigenvalue weighted by Gasteiger charge is 2.24. The third kappa shape index (κ3) is 2.08. The molecule has 2 aromatic rings. The van der Waals surface area contributed by atoms with Crippen LogP contribution in [0, 0.1) is 0 Å². The van der Waals surface area contributed by atoms with Crippen LogP contribution in [0.15, 0.2) is 31.1 Å². The minimum absolute atomic E-state index is 0.535. The Kier molecular flexibility index (Phi) is 2.96. The van der Waals surface area contributed by atoms with Crippen molar-refractivity contribution >= 4 is 5.82 Å². The number of imidazole rings is 1. The Balaban J connectivity index is 1.79. The van der Waals surface area contributed by atoms with E-state index in [2.05, 4.69) is 31.5 Å². The van der Waals surface area contributed by atoms with E-state index in [0.29, 0.717) is 5.92 Å². The molecule has 0 unspecified atom stereocenters. The first kappa shape index (κ1) is 11.2. The molecule has 1 fully saturated rings. The van der Waals surface area contributed by atoms with Crippen LogP contribution in [-0.2, 0) is 7.05 Å². The van der Waals surface area contributed by atoms with Crippen LogP contribution in [-0.4, -0.2) is 32.6 Å². The molecule has 1 atom stereocenters. The molecule has 0 amide bonds. The third-order valence-corrected chi connectivity index (χ3v) is 3.57. The van der Waals surface area contributed by atoms with Gasteiger partial charge in [0.2, 0.25) is 0 Å². The van der Waals surface area contributed by atoms with Crippen LogP contribution in [0.1, 0.15) is 24.5 Å². The monoisotopic (exact) mass is 243 g/mol. The summed E-state index contributed by atoms with van der Waals surface area (Å²) in [5.41, 5.74) is 1.31. The summed E-state index contributed by atoms with van der Waals surface area (Å²) < 4.78 is 2.12. The highest BCUT2D eigenvalue weighted by atomic mass is 15.2. The number of hydrogen-bond donors (Lipinski definition) is 0. The van der Waals surface area contributed by atoms with Crippen LogP contribution in [0.5, 0.6) is 0 Å². The maximum atomic E-state index is 4.38. The summed E-state index contributed by atoms with van der Waals surface area (Å²) in [5.74, 6) is 1.51. The zero-order valence-electron chi connectivity index (χ0n) is 10.5. The van der Waals surface area contributed by atoms with Gasteiger partial charge in [0.1, 0.15) is 5.82 Å². The number of nitrogens with zero attached hydrogens (tertiary/aromatic N) is 5. The maximum Gasteiger partial charge on any atom is 0.147 e. The summed E-state index contributed by atoms with van der Waals surface area (Å²) >= 11 is 0. The molecule has 0 saturated carbocycles. The SMILES string of the molecule is Cn1cncc1[C@H]1CCCN(c2cnccn2)C1. The summed E-state index contributed by atoms with van der Waals surface area (Å²) in [5, 5.41) is 0. The lowest BCUT2D eigenvalue weighted by molar-refractivity contribution is 0.488. The van der Waals surface area contributed by atoms with Gasteiger partial charge in [-0.2, -0.15) is 0 Å². The molecule has 0 bridgehead atoms. The van der Waals surface area contributed by atoms with Crippen LogP contribution in [0.2, 0.25) is 0 Å². The fourth-order valence-electron chi connectivity index (χ4n) is 2.64. The molecule has 5 nitrogen and oxygen atoms in total. The molecule has 5 heteroatoms. The number of piperidine rings is 1. The van der Waals surface area contributed by atoms with Crippen LogP contribution in [0.4, 0.5) is 5.82 Å². The normalized spacial score (nSPS) is 20.1. The second-order valence-electron chi connectivity index (χ2n) is 4.78. The molecule has 0 aromatic carbocycles. The number of aryl methyl sites for hydroxylation is 1. The van der Waals surface area contributed by atoms with Crippen molar-refractivity contribution in [2.45, 2.75) is 18.8 Å². The highest BCUT2D eigenvalue weighted by molar-refractivity contribution is 5.36. The van der Waals surface area contributed by atoms with E-state index in [-0.39, 0.29) is 0 Å². The topological polar surface area (TPSA) is 46.8 Å². The highest BCUT2D eigenvalue weighted by Crippen LogP contribution is 2.28. The van der Waals surface area contributed by atoms with Crippen molar-refractivity contribution in [3.63, 3.8) is 0 Å². The summed E-state index contributed by atoms with van der Waals surface area (Å²) in [7, 11) is 2.06. The van der Waals surface area contributed by atoms with E-state index in [1.807, 2.05) is 18.7 Å². The lowest BCUT2D eigenvalue weighted by Gasteiger charge is -2.33. The molecular weight excluding hydrogens is 226 g/mol. The number of rotatable bonds is 2. The van der Waals surface area contributed by atoms with Crippen LogP contribution in [0.3, 0.4) is 0 Å². The van der Waals surface area contributed by atoms with Gasteiger partial charge in [-0.1, -0.05) is 0 Å². The molecule has 2 aromatic heterocycles. The molecular formula is C13H17N5. The van der Waals surface area contributed by atoms with Crippen LogP contribution in [0.25, 0.3) is 0 Å². The van der Waals surface area contributed by atoms with Gasteiger partial charge in [0.25, 0.3) is 0 Å². The first-order valence-corrected chi connectivity index (χ1v) is 6.32. The maximum absolute atomic E-state index is 4.38. The smallest absolute Gasteiger partial charge is 0.147 e. The van der Waals surface area contributed by atoms with Gasteiger partial charge in [0.05, 0.1) is 12.5 Å². The predicted molar refractivity (Wildman–Crippen MR) is 69.4 cm³/mol. The van der Waals surface area contributed by atoms with Crippen molar-refractivity contribution in [1.29, 1.82) is 0 Å². The number of anilines is 1. The molecule has 1 aliphatic rings. The Morgan fingerprint density at radius 2 is 2.17 bits per heavy atom. The quantitative estimate of drug-likeness (QED) is 0.803. The zero-order chi connectivity index (χ0) is 12.4. The lowest BCUT2D eigenvalue weighted by Crippen LogP contribution is -2.35. The molecule has 0 N–H and O–H groups in total. The summed E-state index contributed by atoms with van der Waals surface area (Å²) in [4.78, 5) is 15.0. The van der Waals surface area contributed by atoms with Gasteiger partial charge in [-0.25, -0.2) is 9.97 Å². The number of hydrogen-bond acceptors (Lipinski definition) is 4. The predicted octanol–water partition coefficient (Wildman–Crippen LogP) is 1.59. The Hall–Kier alpha value is -1.91. The van der Waals surface area contributed by atoms with E-state index in [9.17, 15) is 0 Å². The standard InChI is InChI=1S/C13H17N5/c1-17-10-15-7-12(17)11-3-2-6-18(9-11)13-8-14-4-5-16-13/h4-5,7-8,10-11H,2-3,6,9H2,1H3/t11-/m0/s1. The van der Waals surface area contributed by atoms with Gasteiger partial charge in [-0.15, -0.1) is 0 Å². The van der Waals surface area contributed by atoms with E-state index in [4.69, 9.17) is 0 Å². The van der Waals surface area contributed by atoms with E-state index in [1.165, 1.54) is 18.5 Å². The van der Waals surface area contributed by atoms with Crippen LogP contribution < -0.4 is 4.90 Å². The van der Waals surface area contributed by atoms with Crippen molar-refractivity contribution in [3.8, 4) is 0 Å². The minimum Gasteiger partial charge on any atom is -0.355 e. The fraction of sp³-hybridized carbons (Fsp3) is 0.462. The first-order valence-electron chi connectivity index (χ1n) is 6.32. The van der Waals surface area contributed by atoms with E-state index >= 15 is 0 Å². The fourth-order valence-corrected chi connectivity index (χ4v) is 2.64. The second-order valence-corrected chi connectivity index (χ2v) is 4.78. The van der Waals surface area contributed by atoms with E-state index in [0.717, 1.165) is 18.9 Å². The molecule has 3 rings (SSSR count). The zero-order valence-corrected chi connectivity index (χ0v) is 10.5. The summed E-state index contributed by atoms with van der Waals surface area (Å²) in [6.07, 6.45) is 11.6. The van der Waals surface area contributed by atoms with Crippen molar-refractivity contribution in [1.82, 2.24) is 19.5 Å². The van der Waals surface area contributed by atoms with Crippen molar-refractivity contribution < 1.29 is 0 Å². The molecule has 1 aliphatic heterocycles. The summed E-state index contributed by atoms with van der Waals surface area (Å²) in [6, 6.07) is 0. The van der Waals surface area contributed by atoms with Crippen molar-refractivity contribution in [2.75, 3.05) is 18.0 Å². The van der Waals surface area contributed by atoms with Gasteiger partial charge in [-0.3, -0.25) is 4.98 Å². The second kappa shape index (κ2) is 4.76. The molecule has 94 valence electrons. The number of aromatic nitrogens is 4. The molecule has 18 heavy (non-hydrogen) atoms. The van der Waals surface area contributed by atoms with Gasteiger partial charge >= 0.3 is 0 Å². The van der Waals surface area contributed by atoms with Gasteiger partial charge in [-0.05, 0) is 12.8 Å². The molecule has 1 saturated heterocycles. The Morgan fingerprint density at radius 3 is 2.89 bits per heavy atom. The molecule has 0 radical (unpaired) electrons. The third-order valence-electron chi connectivity index (χ3n) is 3.57. The van der Waals surface area contributed by atoms with Gasteiger partial charge in [0, 0.05) is 50.3 Å². The molecule has 3 heterocycles. The largest absolute Gasteiger partial charge is 0.355 e. The average molecular weight is 243 g/mol. The van der Waals surface area contributed by atoms with Gasteiger partial charge in [0.15, 0.2) is 0 Å². The minimum atomic E-state index is 0.535. The van der Waals surface area contributed by atoms with Crippen molar-refractivity contribution in [2.24, 2.45) is 7.05 Å². The Labute approximate surface area is 107 Å². The van der Waals surface area contributed by atoms with Crippen molar-refractivity contribution in [3.05, 3.63) is 36.8 Å². The van der Waals surface area contributed by atoms with E-state index < -0.39 is 0 Å².